The highest BCUT2D eigenvalue weighted by Gasteiger charge is 2.47. The Labute approximate surface area is 408 Å². The van der Waals surface area contributed by atoms with Gasteiger partial charge in [-0.2, -0.15) is 0 Å². The maximum atomic E-state index is 13.0. The normalized spacial score (nSPS) is 26.1. The van der Waals surface area contributed by atoms with Crippen molar-refractivity contribution in [3.05, 3.63) is 48.6 Å². The average Bonchev–Trinajstić information content (AvgIpc) is 3.33. The molecule has 0 aliphatic carbocycles. The van der Waals surface area contributed by atoms with Crippen LogP contribution in [0.4, 0.5) is 0 Å². The molecule has 0 aromatic heterocycles. The molecule has 0 spiro atoms. The second kappa shape index (κ2) is 40.1. The monoisotopic (exact) mass is 969 g/mol. The summed E-state index contributed by atoms with van der Waals surface area (Å²) in [5, 5.41) is 72.1. The average molecular weight is 969 g/mol. The highest BCUT2D eigenvalue weighted by atomic mass is 16.7. The van der Waals surface area contributed by atoms with Crippen LogP contribution in [0.5, 0.6) is 0 Å². The van der Waals surface area contributed by atoms with Gasteiger partial charge >= 0.3 is 11.9 Å². The summed E-state index contributed by atoms with van der Waals surface area (Å²) in [5.74, 6) is -0.972. The minimum atomic E-state index is -1.77. The third kappa shape index (κ3) is 27.7. The predicted octanol–water partition coefficient (Wildman–Crippen LogP) is 7.49. The van der Waals surface area contributed by atoms with Crippen LogP contribution >= 0.6 is 0 Å². The van der Waals surface area contributed by atoms with E-state index < -0.39 is 99.3 Å². The van der Waals surface area contributed by atoms with Gasteiger partial charge in [0, 0.05) is 12.8 Å². The number of carbonyl (C=O) groups excluding carboxylic acids is 2. The number of allylic oxidation sites excluding steroid dienone is 8. The van der Waals surface area contributed by atoms with Gasteiger partial charge in [-0.3, -0.25) is 9.59 Å². The first-order valence-electron chi connectivity index (χ1n) is 26.2. The second-order valence-electron chi connectivity index (χ2n) is 18.3. The zero-order chi connectivity index (χ0) is 49.6. The quantitative estimate of drug-likeness (QED) is 0.0179. The summed E-state index contributed by atoms with van der Waals surface area (Å²) in [7, 11) is 0. The Hall–Kier alpha value is -2.54. The summed E-state index contributed by atoms with van der Waals surface area (Å²) in [5.41, 5.74) is 0. The number of ether oxygens (including phenoxy) is 6. The van der Waals surface area contributed by atoms with Crippen molar-refractivity contribution >= 4 is 11.9 Å². The zero-order valence-corrected chi connectivity index (χ0v) is 41.6. The van der Waals surface area contributed by atoms with Crippen molar-refractivity contribution < 1.29 is 73.8 Å². The number of esters is 2. The van der Waals surface area contributed by atoms with E-state index in [1.807, 2.05) is 0 Å². The van der Waals surface area contributed by atoms with Crippen LogP contribution in [0.3, 0.4) is 0 Å². The van der Waals surface area contributed by atoms with Crippen LogP contribution in [-0.4, -0.2) is 142 Å². The first-order valence-corrected chi connectivity index (χ1v) is 26.2. The first kappa shape index (κ1) is 61.6. The Bertz CT molecular complexity index is 1370. The van der Waals surface area contributed by atoms with Gasteiger partial charge < -0.3 is 64.2 Å². The minimum absolute atomic E-state index is 0.115. The van der Waals surface area contributed by atoms with Gasteiger partial charge in [0.15, 0.2) is 18.7 Å². The fraction of sp³-hybridized carbons (Fsp3) is 0.811. The molecule has 2 heterocycles. The molecule has 0 bridgehead atoms. The van der Waals surface area contributed by atoms with Crippen molar-refractivity contribution in [2.24, 2.45) is 0 Å². The molecule has 0 aromatic rings. The number of unbranched alkanes of at least 4 members (excludes halogenated alkanes) is 18. The van der Waals surface area contributed by atoms with Crippen molar-refractivity contribution in [2.45, 2.75) is 248 Å². The summed E-state index contributed by atoms with van der Waals surface area (Å²) in [4.78, 5) is 25.8. The molecule has 2 saturated heterocycles. The van der Waals surface area contributed by atoms with E-state index in [1.165, 1.54) is 83.5 Å². The van der Waals surface area contributed by atoms with E-state index in [4.69, 9.17) is 28.4 Å². The number of aliphatic hydroxyl groups is 7. The summed E-state index contributed by atoms with van der Waals surface area (Å²) in [6, 6.07) is 0. The van der Waals surface area contributed by atoms with Crippen LogP contribution < -0.4 is 0 Å². The molecule has 2 rings (SSSR count). The maximum Gasteiger partial charge on any atom is 0.306 e. The molecule has 394 valence electrons. The molecule has 2 fully saturated rings. The van der Waals surface area contributed by atoms with Gasteiger partial charge in [0.05, 0.1) is 19.8 Å². The van der Waals surface area contributed by atoms with Gasteiger partial charge in [0.25, 0.3) is 0 Å². The number of aliphatic hydroxyl groups excluding tert-OH is 7. The highest BCUT2D eigenvalue weighted by Crippen LogP contribution is 2.26. The molecule has 0 amide bonds. The van der Waals surface area contributed by atoms with Crippen LogP contribution in [0, 0.1) is 0 Å². The second-order valence-corrected chi connectivity index (χ2v) is 18.3. The van der Waals surface area contributed by atoms with Crippen molar-refractivity contribution in [3.8, 4) is 0 Å². The van der Waals surface area contributed by atoms with Gasteiger partial charge in [-0.1, -0.05) is 140 Å². The molecule has 68 heavy (non-hydrogen) atoms. The fourth-order valence-electron chi connectivity index (χ4n) is 7.92. The lowest BCUT2D eigenvalue weighted by atomic mass is 9.98. The van der Waals surface area contributed by atoms with E-state index in [0.717, 1.165) is 57.8 Å². The van der Waals surface area contributed by atoms with E-state index in [9.17, 15) is 45.3 Å². The molecule has 7 N–H and O–H groups in total. The number of hydrogen-bond donors (Lipinski definition) is 7. The zero-order valence-electron chi connectivity index (χ0n) is 41.6. The number of hydrogen-bond acceptors (Lipinski definition) is 15. The Morgan fingerprint density at radius 2 is 0.882 bits per heavy atom. The molecular weight excluding hydrogens is 877 g/mol. The molecule has 2 aliphatic rings. The molecule has 15 heteroatoms. The highest BCUT2D eigenvalue weighted by molar-refractivity contribution is 5.70. The van der Waals surface area contributed by atoms with Crippen molar-refractivity contribution in [2.75, 3.05) is 26.4 Å². The summed E-state index contributed by atoms with van der Waals surface area (Å²) in [6.45, 7) is 2.51. The molecule has 0 aromatic carbocycles. The smallest absolute Gasteiger partial charge is 0.306 e. The maximum absolute atomic E-state index is 13.0. The van der Waals surface area contributed by atoms with Gasteiger partial charge in [0.2, 0.25) is 0 Å². The molecule has 0 saturated carbocycles. The largest absolute Gasteiger partial charge is 0.462 e. The first-order chi connectivity index (χ1) is 33.0. The topological polar surface area (TPSA) is 231 Å². The molecule has 4 unspecified atom stereocenters. The molecule has 2 aliphatic heterocycles. The van der Waals surface area contributed by atoms with Crippen molar-refractivity contribution in [3.63, 3.8) is 0 Å². The van der Waals surface area contributed by atoms with E-state index in [2.05, 4.69) is 62.5 Å². The van der Waals surface area contributed by atoms with Crippen LogP contribution in [0.15, 0.2) is 48.6 Å². The Kier molecular flexibility index (Phi) is 36.3. The van der Waals surface area contributed by atoms with Crippen LogP contribution in [0.1, 0.15) is 181 Å². The number of carbonyl (C=O) groups is 2. The van der Waals surface area contributed by atoms with Gasteiger partial charge in [-0.25, -0.2) is 0 Å². The third-order valence-electron chi connectivity index (χ3n) is 12.3. The third-order valence-corrected chi connectivity index (χ3v) is 12.3. The standard InChI is InChI=1S/C53H92O15/c1-3-5-7-9-11-13-15-17-19-20-22-23-25-27-29-31-33-35-44(55)63-38-41(66-45(56)36-34-32-30-28-26-24-21-18-16-14-12-10-8-6-4-2)39-64-52-51(62)49(60)47(58)43(68-52)40-65-53-50(61)48(59)46(57)42(37-54)67-53/h12-15,18,21,26,28,41-43,46-54,57-62H,3-11,16-17,19-20,22-25,27,29-40H2,1-2H3/b14-12+,15-13+,21-18+,28-26+/t41-,42+,43+,46-,47-,48?,49?,50?,51?,52+,53+/m0/s1. The summed E-state index contributed by atoms with van der Waals surface area (Å²) < 4.78 is 33.5. The lowest BCUT2D eigenvalue weighted by molar-refractivity contribution is -0.332. The SMILES string of the molecule is CCCCC/C=C/C/C=C/C/C=C/CCCCC(=O)O[C@@H](COC(=O)CCCCCCCCCCC/C=C/CCCCCC)CO[C@@H]1O[C@H](CO[C@@H]2O[C@H](CO)[C@H](O)C(O)C2O)[C@H](O)C(O)C1O. The van der Waals surface area contributed by atoms with E-state index in [-0.39, 0.29) is 19.4 Å². The van der Waals surface area contributed by atoms with E-state index >= 15 is 0 Å². The van der Waals surface area contributed by atoms with E-state index in [0.29, 0.717) is 12.8 Å². The lowest BCUT2D eigenvalue weighted by Crippen LogP contribution is -2.61. The molecule has 0 radical (unpaired) electrons. The van der Waals surface area contributed by atoms with Crippen molar-refractivity contribution in [1.29, 1.82) is 0 Å². The summed E-state index contributed by atoms with van der Waals surface area (Å²) in [6.07, 6.45) is 27.1. The predicted molar refractivity (Wildman–Crippen MR) is 261 cm³/mol. The van der Waals surface area contributed by atoms with Crippen LogP contribution in [0.25, 0.3) is 0 Å². The Morgan fingerprint density at radius 1 is 0.471 bits per heavy atom. The van der Waals surface area contributed by atoms with Crippen LogP contribution in [0.2, 0.25) is 0 Å². The van der Waals surface area contributed by atoms with Gasteiger partial charge in [-0.15, -0.1) is 0 Å². The lowest BCUT2D eigenvalue weighted by Gasteiger charge is -2.42. The van der Waals surface area contributed by atoms with E-state index in [1.54, 1.807) is 0 Å². The Morgan fingerprint density at radius 3 is 1.46 bits per heavy atom. The Balaban J connectivity index is 1.82. The number of rotatable bonds is 40. The van der Waals surface area contributed by atoms with Crippen LogP contribution in [-0.2, 0) is 38.0 Å². The molecule has 11 atom stereocenters. The van der Waals surface area contributed by atoms with Crippen molar-refractivity contribution in [1.82, 2.24) is 0 Å². The van der Waals surface area contributed by atoms with Gasteiger partial charge in [0.1, 0.15) is 55.4 Å². The molecule has 15 nitrogen and oxygen atoms in total. The molecular formula is C53H92O15. The summed E-state index contributed by atoms with van der Waals surface area (Å²) >= 11 is 0. The van der Waals surface area contributed by atoms with Gasteiger partial charge in [-0.05, 0) is 77.0 Å². The minimum Gasteiger partial charge on any atom is -0.462 e. The fourth-order valence-corrected chi connectivity index (χ4v) is 7.92.